The molecule has 1 N–H and O–H groups in total. The van der Waals surface area contributed by atoms with Crippen LogP contribution in [0, 0.1) is 0 Å². The molecule has 3 heterocycles. The van der Waals surface area contributed by atoms with E-state index < -0.39 is 0 Å². The van der Waals surface area contributed by atoms with E-state index >= 15 is 0 Å². The molecule has 0 aromatic carbocycles. The summed E-state index contributed by atoms with van der Waals surface area (Å²) in [5.74, 6) is 1.71. The van der Waals surface area contributed by atoms with Crippen LogP contribution in [0.3, 0.4) is 0 Å². The first-order valence-electron chi connectivity index (χ1n) is 7.19. The molecule has 0 aliphatic heterocycles. The quantitative estimate of drug-likeness (QED) is 0.775. The van der Waals surface area contributed by atoms with Crippen molar-refractivity contribution in [1.29, 1.82) is 0 Å². The topological polar surface area (TPSA) is 98.6 Å². The number of methoxy groups -OCH3 is 1. The van der Waals surface area contributed by atoms with E-state index in [0.717, 1.165) is 31.2 Å². The Labute approximate surface area is 125 Å². The van der Waals surface area contributed by atoms with E-state index in [1.807, 2.05) is 10.6 Å². The van der Waals surface area contributed by atoms with Gasteiger partial charge in [-0.3, -0.25) is 4.40 Å². The van der Waals surface area contributed by atoms with Crippen molar-refractivity contribution in [3.05, 3.63) is 23.3 Å². The summed E-state index contributed by atoms with van der Waals surface area (Å²) in [5, 5.41) is 12.8. The first-order chi connectivity index (χ1) is 10.8. The molecular formula is C14H15N5O3. The highest BCUT2D eigenvalue weighted by molar-refractivity contribution is 5.55. The summed E-state index contributed by atoms with van der Waals surface area (Å²) in [5.41, 5.74) is 2.89. The molecule has 0 amide bonds. The van der Waals surface area contributed by atoms with Crippen LogP contribution in [0.15, 0.2) is 10.7 Å². The molecule has 22 heavy (non-hydrogen) atoms. The van der Waals surface area contributed by atoms with Gasteiger partial charge in [0.05, 0.1) is 7.11 Å². The van der Waals surface area contributed by atoms with Crippen LogP contribution >= 0.6 is 0 Å². The van der Waals surface area contributed by atoms with E-state index in [9.17, 15) is 0 Å². The van der Waals surface area contributed by atoms with Crippen LogP contribution < -0.4 is 4.74 Å². The third kappa shape index (κ3) is 1.95. The lowest BCUT2D eigenvalue weighted by atomic mass is 9.97. The molecule has 0 unspecified atom stereocenters. The fourth-order valence-electron chi connectivity index (χ4n) is 2.89. The molecule has 0 radical (unpaired) electrons. The number of aromatic nitrogens is 5. The van der Waals surface area contributed by atoms with Gasteiger partial charge in [-0.05, 0) is 25.7 Å². The zero-order chi connectivity index (χ0) is 15.1. The normalized spacial score (nSPS) is 14.3. The molecule has 1 aliphatic rings. The van der Waals surface area contributed by atoms with Crippen molar-refractivity contribution in [3.63, 3.8) is 0 Å². The number of rotatable bonds is 3. The maximum Gasteiger partial charge on any atom is 0.252 e. The van der Waals surface area contributed by atoms with Gasteiger partial charge in [-0.25, -0.2) is 4.98 Å². The lowest BCUT2D eigenvalue weighted by Crippen LogP contribution is -2.11. The average molecular weight is 301 g/mol. The summed E-state index contributed by atoms with van der Waals surface area (Å²) in [6, 6.07) is 0. The highest BCUT2D eigenvalue weighted by Crippen LogP contribution is 2.30. The van der Waals surface area contributed by atoms with Gasteiger partial charge < -0.3 is 14.4 Å². The standard InChI is InChI=1S/C14H15N5O3/c1-21-13-8-4-2-3-5-10(8)19-6-9(15-14(19)17-13)12-16-11(7-20)22-18-12/h6,20H,2-5,7H2,1H3. The molecule has 3 aromatic rings. The number of aliphatic hydroxyl groups is 1. The van der Waals surface area contributed by atoms with E-state index in [1.54, 1.807) is 7.11 Å². The van der Waals surface area contributed by atoms with E-state index in [2.05, 4.69) is 20.1 Å². The van der Waals surface area contributed by atoms with Gasteiger partial charge in [-0.2, -0.15) is 9.97 Å². The van der Waals surface area contributed by atoms with Crippen molar-refractivity contribution in [2.45, 2.75) is 32.3 Å². The van der Waals surface area contributed by atoms with Crippen LogP contribution in [0.2, 0.25) is 0 Å². The minimum absolute atomic E-state index is 0.166. The van der Waals surface area contributed by atoms with Crippen LogP contribution in [0.4, 0.5) is 0 Å². The zero-order valence-electron chi connectivity index (χ0n) is 12.1. The van der Waals surface area contributed by atoms with Crippen molar-refractivity contribution >= 4 is 5.78 Å². The molecule has 0 saturated heterocycles. The number of fused-ring (bicyclic) bond motifs is 3. The second-order valence-corrected chi connectivity index (χ2v) is 5.22. The van der Waals surface area contributed by atoms with Gasteiger partial charge in [0, 0.05) is 17.5 Å². The first kappa shape index (κ1) is 13.2. The molecule has 0 spiro atoms. The molecule has 4 rings (SSSR count). The number of hydrogen-bond acceptors (Lipinski definition) is 7. The number of aliphatic hydroxyl groups excluding tert-OH is 1. The maximum atomic E-state index is 9.01. The van der Waals surface area contributed by atoms with Crippen LogP contribution in [0.1, 0.15) is 30.0 Å². The molecule has 8 nitrogen and oxygen atoms in total. The number of ether oxygens (including phenoxy) is 1. The minimum atomic E-state index is -0.290. The Kier molecular flexibility index (Phi) is 3.04. The number of nitrogens with zero attached hydrogens (tertiary/aromatic N) is 5. The summed E-state index contributed by atoms with van der Waals surface area (Å²) < 4.78 is 12.3. The van der Waals surface area contributed by atoms with Gasteiger partial charge in [0.1, 0.15) is 12.3 Å². The summed E-state index contributed by atoms with van der Waals surface area (Å²) in [4.78, 5) is 13.0. The Bertz CT molecular complexity index is 838. The van der Waals surface area contributed by atoms with Crippen LogP contribution in [0.5, 0.6) is 5.88 Å². The molecule has 0 saturated carbocycles. The van der Waals surface area contributed by atoms with Crippen molar-refractivity contribution in [2.75, 3.05) is 7.11 Å². The molecule has 1 aliphatic carbocycles. The largest absolute Gasteiger partial charge is 0.481 e. The fourth-order valence-corrected chi connectivity index (χ4v) is 2.89. The van der Waals surface area contributed by atoms with Crippen molar-refractivity contribution in [3.8, 4) is 17.4 Å². The second-order valence-electron chi connectivity index (χ2n) is 5.22. The Hall–Kier alpha value is -2.48. The average Bonchev–Trinajstić information content (AvgIpc) is 3.20. The van der Waals surface area contributed by atoms with E-state index in [1.165, 1.54) is 5.69 Å². The van der Waals surface area contributed by atoms with Crippen LogP contribution in [-0.4, -0.2) is 36.7 Å². The predicted octanol–water partition coefficient (Wildman–Crippen LogP) is 1.16. The van der Waals surface area contributed by atoms with Gasteiger partial charge in [0.2, 0.25) is 17.5 Å². The van der Waals surface area contributed by atoms with E-state index in [0.29, 0.717) is 23.2 Å². The van der Waals surface area contributed by atoms with Crippen LogP contribution in [-0.2, 0) is 19.4 Å². The maximum absolute atomic E-state index is 9.01. The monoisotopic (exact) mass is 301 g/mol. The fraction of sp³-hybridized carbons (Fsp3) is 0.429. The van der Waals surface area contributed by atoms with Crippen molar-refractivity contribution in [2.24, 2.45) is 0 Å². The Balaban J connectivity index is 1.89. The second kappa shape index (κ2) is 5.06. The summed E-state index contributed by atoms with van der Waals surface area (Å²) in [6.07, 6.45) is 6.07. The van der Waals surface area contributed by atoms with E-state index in [4.69, 9.17) is 14.4 Å². The Morgan fingerprint density at radius 2 is 2.14 bits per heavy atom. The molecule has 8 heteroatoms. The lowest BCUT2D eigenvalue weighted by Gasteiger charge is -2.18. The lowest BCUT2D eigenvalue weighted by molar-refractivity contribution is 0.222. The minimum Gasteiger partial charge on any atom is -0.481 e. The number of hydrogen-bond donors (Lipinski definition) is 1. The molecule has 0 atom stereocenters. The molecule has 0 fully saturated rings. The Morgan fingerprint density at radius 3 is 2.91 bits per heavy atom. The highest BCUT2D eigenvalue weighted by atomic mass is 16.5. The molecule has 3 aromatic heterocycles. The molecule has 0 bridgehead atoms. The van der Waals surface area contributed by atoms with Gasteiger partial charge in [0.15, 0.2) is 0 Å². The Morgan fingerprint density at radius 1 is 1.27 bits per heavy atom. The smallest absolute Gasteiger partial charge is 0.252 e. The number of imidazole rings is 1. The van der Waals surface area contributed by atoms with Crippen molar-refractivity contribution < 1.29 is 14.4 Å². The SMILES string of the molecule is COc1nc2nc(-c3noc(CO)n3)cn2c2c1CCCC2. The zero-order valence-corrected chi connectivity index (χ0v) is 12.1. The summed E-state index contributed by atoms with van der Waals surface area (Å²) in [7, 11) is 1.63. The summed E-state index contributed by atoms with van der Waals surface area (Å²) >= 11 is 0. The molecule has 114 valence electrons. The third-order valence-electron chi connectivity index (χ3n) is 3.90. The van der Waals surface area contributed by atoms with Gasteiger partial charge in [0.25, 0.3) is 5.89 Å². The third-order valence-corrected chi connectivity index (χ3v) is 3.90. The summed E-state index contributed by atoms with van der Waals surface area (Å²) in [6.45, 7) is -0.290. The number of aryl methyl sites for hydroxylation is 1. The predicted molar refractivity (Wildman–Crippen MR) is 75.4 cm³/mol. The van der Waals surface area contributed by atoms with Gasteiger partial charge >= 0.3 is 0 Å². The van der Waals surface area contributed by atoms with Crippen molar-refractivity contribution in [1.82, 2.24) is 24.5 Å². The van der Waals surface area contributed by atoms with Gasteiger partial charge in [-0.15, -0.1) is 0 Å². The first-order valence-corrected chi connectivity index (χ1v) is 7.19. The molecular weight excluding hydrogens is 286 g/mol. The van der Waals surface area contributed by atoms with Gasteiger partial charge in [-0.1, -0.05) is 5.16 Å². The van der Waals surface area contributed by atoms with Crippen LogP contribution in [0.25, 0.3) is 17.3 Å². The van der Waals surface area contributed by atoms with E-state index in [-0.39, 0.29) is 12.5 Å². The highest BCUT2D eigenvalue weighted by Gasteiger charge is 2.21.